The maximum atomic E-state index is 13.0. The van der Waals surface area contributed by atoms with E-state index in [4.69, 9.17) is 32.3 Å². The van der Waals surface area contributed by atoms with E-state index in [1.807, 2.05) is 0 Å². The highest BCUT2D eigenvalue weighted by atomic mass is 31.2. The van der Waals surface area contributed by atoms with Gasteiger partial charge in [-0.2, -0.15) is 0 Å². The molecule has 0 bridgehead atoms. The van der Waals surface area contributed by atoms with Gasteiger partial charge >= 0.3 is 33.6 Å². The van der Waals surface area contributed by atoms with E-state index in [-0.39, 0.29) is 19.3 Å². The van der Waals surface area contributed by atoms with Gasteiger partial charge in [-0.15, -0.1) is 0 Å². The Morgan fingerprint density at radius 2 is 0.495 bits per heavy atom. The zero-order valence-electron chi connectivity index (χ0n) is 67.8. The third kappa shape index (κ3) is 82.7. The van der Waals surface area contributed by atoms with Crippen molar-refractivity contribution in [2.45, 2.75) is 386 Å². The number of hydrogen-bond acceptors (Lipinski definition) is 14. The van der Waals surface area contributed by atoms with Crippen molar-refractivity contribution >= 4 is 33.6 Å². The van der Waals surface area contributed by atoms with Gasteiger partial charge in [-0.05, 0) is 109 Å². The van der Waals surface area contributed by atoms with Crippen molar-refractivity contribution in [2.75, 3.05) is 39.6 Å². The molecule has 4 N–H and O–H groups in total. The molecule has 18 heteroatoms. The average Bonchev–Trinajstić information content (AvgIpc) is 0.908. The molecule has 618 valence electrons. The van der Waals surface area contributed by atoms with Gasteiger partial charge in [0.1, 0.15) is 25.4 Å². The predicted molar refractivity (Wildman–Crippen MR) is 445 cm³/mol. The number of phosphoric ester groups is 2. The number of phosphoric acid groups is 2. The van der Waals surface area contributed by atoms with Crippen molar-refractivity contribution in [3.8, 4) is 0 Å². The van der Waals surface area contributed by atoms with Crippen molar-refractivity contribution in [2.24, 2.45) is 0 Å². The Bertz CT molecular complexity index is 2430. The fourth-order valence-corrected chi connectivity index (χ4v) is 13.3. The SMILES string of the molecule is CC/C=C\C/C=C\C/C=C\C/C=C\C/C=C\CCCCCCCCCCCCCCCCCCCC(=O)OCC(O)COP(=O)(O)OCC(O)COP(=O)(O)OCC(COC(=O)CCCCCCCCCCC/C=C\C/C=C\C/C=C\C/C=C\C/C=C\CC)OC(=O)CCCCCCCCCCCCCCC. The van der Waals surface area contributed by atoms with Crippen molar-refractivity contribution < 1.29 is 75.8 Å². The third-order valence-electron chi connectivity index (χ3n) is 18.2. The van der Waals surface area contributed by atoms with Crippen LogP contribution in [0, 0.1) is 0 Å². The molecule has 0 spiro atoms. The minimum absolute atomic E-state index is 0.106. The lowest BCUT2D eigenvalue weighted by molar-refractivity contribution is -0.161. The van der Waals surface area contributed by atoms with Crippen LogP contribution in [0.1, 0.15) is 367 Å². The summed E-state index contributed by atoms with van der Waals surface area (Å²) in [6, 6.07) is 0. The van der Waals surface area contributed by atoms with E-state index in [0.29, 0.717) is 19.3 Å². The lowest BCUT2D eigenvalue weighted by Gasteiger charge is -2.21. The summed E-state index contributed by atoms with van der Waals surface area (Å²) in [7, 11) is -9.79. The molecular weight excluding hydrogens is 1390 g/mol. The van der Waals surface area contributed by atoms with E-state index in [9.17, 15) is 43.5 Å². The molecule has 0 aliphatic carbocycles. The first-order valence-corrected chi connectivity index (χ1v) is 45.8. The smallest absolute Gasteiger partial charge is 0.463 e. The fourth-order valence-electron chi connectivity index (χ4n) is 11.7. The quantitative estimate of drug-likeness (QED) is 0.0146. The second-order valence-corrected chi connectivity index (χ2v) is 31.5. The highest BCUT2D eigenvalue weighted by Gasteiger charge is 2.29. The maximum absolute atomic E-state index is 13.0. The predicted octanol–water partition coefficient (Wildman–Crippen LogP) is 25.7. The number of esters is 3. The zero-order chi connectivity index (χ0) is 78.0. The van der Waals surface area contributed by atoms with Crippen LogP contribution in [0.15, 0.2) is 122 Å². The number of allylic oxidation sites excluding steroid dienone is 20. The molecule has 0 aromatic carbocycles. The minimum atomic E-state index is -4.93. The number of rotatable bonds is 81. The van der Waals surface area contributed by atoms with Gasteiger partial charge in [0, 0.05) is 19.3 Å². The van der Waals surface area contributed by atoms with E-state index in [0.717, 1.165) is 141 Å². The second-order valence-electron chi connectivity index (χ2n) is 28.6. The number of carbonyl (C=O) groups excluding carboxylic acids is 3. The molecule has 0 aliphatic rings. The van der Waals surface area contributed by atoms with E-state index >= 15 is 0 Å². The van der Waals surface area contributed by atoms with Gasteiger partial charge in [-0.1, -0.05) is 361 Å². The molecule has 5 atom stereocenters. The number of aliphatic hydroxyl groups excluding tert-OH is 2. The van der Waals surface area contributed by atoms with Crippen molar-refractivity contribution in [3.63, 3.8) is 0 Å². The molecule has 0 rings (SSSR count). The van der Waals surface area contributed by atoms with E-state index in [1.54, 1.807) is 0 Å². The average molecular weight is 1540 g/mol. The molecule has 0 saturated carbocycles. The molecule has 0 heterocycles. The molecule has 107 heavy (non-hydrogen) atoms. The largest absolute Gasteiger partial charge is 0.472 e. The van der Waals surface area contributed by atoms with Gasteiger partial charge < -0.3 is 34.2 Å². The van der Waals surface area contributed by atoms with Crippen LogP contribution < -0.4 is 0 Å². The summed E-state index contributed by atoms with van der Waals surface area (Å²) >= 11 is 0. The first kappa shape index (κ1) is 103. The van der Waals surface area contributed by atoms with Crippen LogP contribution >= 0.6 is 15.6 Å². The molecule has 16 nitrogen and oxygen atoms in total. The number of carbonyl (C=O) groups is 3. The lowest BCUT2D eigenvalue weighted by atomic mass is 10.0. The molecule has 0 fully saturated rings. The van der Waals surface area contributed by atoms with Gasteiger partial charge in [-0.25, -0.2) is 9.13 Å². The molecule has 0 radical (unpaired) electrons. The summed E-state index contributed by atoms with van der Waals surface area (Å²) < 4.78 is 61.3. The Morgan fingerprint density at radius 1 is 0.271 bits per heavy atom. The normalized spacial score (nSPS) is 14.5. The van der Waals surface area contributed by atoms with Gasteiger partial charge in [0.15, 0.2) is 6.10 Å². The highest BCUT2D eigenvalue weighted by molar-refractivity contribution is 7.47. The van der Waals surface area contributed by atoms with E-state index in [2.05, 4.69) is 142 Å². The van der Waals surface area contributed by atoms with Crippen molar-refractivity contribution in [3.05, 3.63) is 122 Å². The van der Waals surface area contributed by atoms with E-state index < -0.39 is 91.5 Å². The van der Waals surface area contributed by atoms with Crippen molar-refractivity contribution in [1.82, 2.24) is 0 Å². The lowest BCUT2D eigenvalue weighted by Crippen LogP contribution is -2.30. The highest BCUT2D eigenvalue weighted by Crippen LogP contribution is 2.45. The van der Waals surface area contributed by atoms with Crippen LogP contribution in [0.2, 0.25) is 0 Å². The van der Waals surface area contributed by atoms with Gasteiger partial charge in [0.25, 0.3) is 0 Å². The van der Waals surface area contributed by atoms with Crippen molar-refractivity contribution in [1.29, 1.82) is 0 Å². The molecule has 5 unspecified atom stereocenters. The maximum Gasteiger partial charge on any atom is 0.472 e. The second kappa shape index (κ2) is 81.4. The standard InChI is InChI=1S/C89H156O16P2/c1-4-7-10-13-16-19-22-25-27-29-31-33-35-37-38-39-40-41-42-43-44-46-48-49-51-53-55-58-60-63-66-69-72-75-87(92)99-78-84(90)79-101-106(95,96)102-80-85(91)81-103-107(97,98)104-83-86(105-89(94)77-74-71-68-65-62-57-24-21-18-15-12-9-6-3)82-100-88(93)76-73-70-67-64-61-59-56-54-52-50-47-45-36-34-32-30-28-26-23-20-17-14-11-8-5-2/h7-8,10-11,16-17,19-20,25-28,31-34,37-38,45,47,84-86,90-91H,4-6,9,12-15,18,21-24,29-30,35-36,39-44,46,48-83H2,1-3H3,(H,95,96)(H,97,98)/b10-7-,11-8-,19-16-,20-17-,27-25-,28-26-,33-31-,34-32-,38-37-,47-45-. The Labute approximate surface area is 653 Å². The summed E-state index contributed by atoms with van der Waals surface area (Å²) in [5.74, 6) is -1.57. The van der Waals surface area contributed by atoms with Gasteiger partial charge in [0.2, 0.25) is 0 Å². The van der Waals surface area contributed by atoms with Gasteiger partial charge in [-0.3, -0.25) is 32.5 Å². The summed E-state index contributed by atoms with van der Waals surface area (Å²) in [6.07, 6.45) is 98.3. The Morgan fingerprint density at radius 3 is 0.785 bits per heavy atom. The third-order valence-corrected chi connectivity index (χ3v) is 20.1. The van der Waals surface area contributed by atoms with Crippen LogP contribution in [0.25, 0.3) is 0 Å². The Kier molecular flexibility index (Phi) is 78.4. The van der Waals surface area contributed by atoms with Crippen LogP contribution in [0.3, 0.4) is 0 Å². The van der Waals surface area contributed by atoms with Crippen LogP contribution in [0.5, 0.6) is 0 Å². The first-order chi connectivity index (χ1) is 52.2. The summed E-state index contributed by atoms with van der Waals surface area (Å²) in [5, 5.41) is 20.7. The molecule has 0 aliphatic heterocycles. The fraction of sp³-hybridized carbons (Fsp3) is 0.742. The monoisotopic (exact) mass is 1540 g/mol. The zero-order valence-corrected chi connectivity index (χ0v) is 69.6. The Hall–Kier alpha value is -4.05. The summed E-state index contributed by atoms with van der Waals surface area (Å²) in [4.78, 5) is 58.7. The van der Waals surface area contributed by atoms with E-state index in [1.165, 1.54) is 167 Å². The molecule has 0 aromatic rings. The number of hydrogen-bond donors (Lipinski definition) is 4. The van der Waals surface area contributed by atoms with Crippen LogP contribution in [-0.4, -0.2) is 95.9 Å². The number of aliphatic hydroxyl groups is 2. The summed E-state index contributed by atoms with van der Waals surface area (Å²) in [6.45, 7) is 2.50. The number of ether oxygens (including phenoxy) is 3. The molecular formula is C89H156O16P2. The topological polar surface area (TPSA) is 231 Å². The minimum Gasteiger partial charge on any atom is -0.463 e. The molecule has 0 aromatic heterocycles. The van der Waals surface area contributed by atoms with Crippen LogP contribution in [-0.2, 0) is 55.8 Å². The first-order valence-electron chi connectivity index (χ1n) is 42.8. The Balaban J connectivity index is 4.41. The summed E-state index contributed by atoms with van der Waals surface area (Å²) in [5.41, 5.74) is 0. The number of unbranched alkanes of at least 4 members (excludes halogenated alkanes) is 38. The molecule has 0 amide bonds. The van der Waals surface area contributed by atoms with Crippen LogP contribution in [0.4, 0.5) is 0 Å². The van der Waals surface area contributed by atoms with Gasteiger partial charge in [0.05, 0.1) is 26.4 Å². The molecule has 0 saturated heterocycles.